The van der Waals surface area contributed by atoms with E-state index in [-0.39, 0.29) is 0 Å². The molecule has 2 amide bonds. The third kappa shape index (κ3) is 10.4. The highest BCUT2D eigenvalue weighted by atomic mass is 16.6. The molecule has 35 heavy (non-hydrogen) atoms. The number of aliphatic hydroxyl groups excluding tert-OH is 3. The smallest absolute Gasteiger partial charge is 0.325 e. The first-order valence-electron chi connectivity index (χ1n) is 14.1. The summed E-state index contributed by atoms with van der Waals surface area (Å²) in [6.07, 6.45) is 20.2. The lowest BCUT2D eigenvalue weighted by atomic mass is 9.99. The molecular formula is C27H51N3O5. The number of amides is 2. The van der Waals surface area contributed by atoms with Gasteiger partial charge in [0.25, 0.3) is 0 Å². The van der Waals surface area contributed by atoms with Crippen molar-refractivity contribution < 1.29 is 24.9 Å². The minimum Gasteiger partial charge on any atom is -0.394 e. The maximum absolute atomic E-state index is 12.6. The SMILES string of the molecule is CCCCCCCCCCCCCCCCCCC1(N)C=CN([C@@H]2O[C@H](CO)[C@@H](O)[C@@H]2O)C(=O)N1. The normalized spacial score (nSPS) is 28.6. The summed E-state index contributed by atoms with van der Waals surface area (Å²) in [4.78, 5) is 13.7. The third-order valence-electron chi connectivity index (χ3n) is 7.34. The fourth-order valence-corrected chi connectivity index (χ4v) is 5.01. The number of aliphatic hydroxyl groups is 3. The third-order valence-corrected chi connectivity index (χ3v) is 7.34. The van der Waals surface area contributed by atoms with Crippen LogP contribution in [0.3, 0.4) is 0 Å². The predicted octanol–water partition coefficient (Wildman–Crippen LogP) is 4.27. The minimum absolute atomic E-state index is 0.437. The first-order chi connectivity index (χ1) is 16.9. The van der Waals surface area contributed by atoms with Gasteiger partial charge >= 0.3 is 6.03 Å². The van der Waals surface area contributed by atoms with Crippen molar-refractivity contribution in [2.24, 2.45) is 5.73 Å². The van der Waals surface area contributed by atoms with Gasteiger partial charge in [0.15, 0.2) is 6.23 Å². The van der Waals surface area contributed by atoms with Gasteiger partial charge < -0.3 is 31.1 Å². The number of carbonyl (C=O) groups is 1. The van der Waals surface area contributed by atoms with Gasteiger partial charge in [-0.3, -0.25) is 4.90 Å². The van der Waals surface area contributed by atoms with Crippen LogP contribution in [0.2, 0.25) is 0 Å². The molecule has 1 fully saturated rings. The number of unbranched alkanes of at least 4 members (excludes halogenated alkanes) is 15. The molecule has 0 saturated carbocycles. The number of nitrogens with zero attached hydrogens (tertiary/aromatic N) is 1. The number of rotatable bonds is 19. The predicted molar refractivity (Wildman–Crippen MR) is 138 cm³/mol. The van der Waals surface area contributed by atoms with Crippen LogP contribution in [-0.2, 0) is 4.74 Å². The fraction of sp³-hybridized carbons (Fsp3) is 0.889. The number of hydrogen-bond donors (Lipinski definition) is 5. The molecule has 0 spiro atoms. The maximum atomic E-state index is 12.6. The number of carbonyl (C=O) groups excluding carboxylic acids is 1. The molecule has 5 atom stereocenters. The number of urea groups is 1. The molecule has 8 nitrogen and oxygen atoms in total. The second-order valence-corrected chi connectivity index (χ2v) is 10.5. The average molecular weight is 498 g/mol. The average Bonchev–Trinajstić information content (AvgIpc) is 3.12. The highest BCUT2D eigenvalue weighted by Crippen LogP contribution is 2.27. The molecule has 0 aliphatic carbocycles. The van der Waals surface area contributed by atoms with Crippen LogP contribution >= 0.6 is 0 Å². The number of nitrogens with one attached hydrogen (secondary N) is 1. The summed E-state index contributed by atoms with van der Waals surface area (Å²) < 4.78 is 5.43. The number of ether oxygens (including phenoxy) is 1. The van der Waals surface area contributed by atoms with Crippen molar-refractivity contribution in [2.75, 3.05) is 6.61 Å². The van der Waals surface area contributed by atoms with E-state index >= 15 is 0 Å². The van der Waals surface area contributed by atoms with Crippen LogP contribution in [0.4, 0.5) is 4.79 Å². The second kappa shape index (κ2) is 16.5. The molecule has 8 heteroatoms. The van der Waals surface area contributed by atoms with Crippen molar-refractivity contribution in [1.29, 1.82) is 0 Å². The second-order valence-electron chi connectivity index (χ2n) is 10.5. The minimum atomic E-state index is -1.30. The summed E-state index contributed by atoms with van der Waals surface area (Å²) >= 11 is 0. The lowest BCUT2D eigenvalue weighted by Gasteiger charge is -2.37. The van der Waals surface area contributed by atoms with Crippen molar-refractivity contribution in [1.82, 2.24) is 10.2 Å². The van der Waals surface area contributed by atoms with Gasteiger partial charge in [0.2, 0.25) is 0 Å². The summed E-state index contributed by atoms with van der Waals surface area (Å²) in [6, 6.07) is -0.485. The van der Waals surface area contributed by atoms with Crippen LogP contribution in [0.1, 0.15) is 116 Å². The lowest BCUT2D eigenvalue weighted by Crippen LogP contribution is -2.62. The van der Waals surface area contributed by atoms with Gasteiger partial charge in [-0.25, -0.2) is 4.79 Å². The van der Waals surface area contributed by atoms with Crippen LogP contribution in [0.25, 0.3) is 0 Å². The van der Waals surface area contributed by atoms with Gasteiger partial charge in [-0.05, 0) is 18.9 Å². The van der Waals surface area contributed by atoms with Gasteiger partial charge in [-0.15, -0.1) is 0 Å². The van der Waals surface area contributed by atoms with Crippen molar-refractivity contribution in [3.8, 4) is 0 Å². The molecule has 204 valence electrons. The van der Waals surface area contributed by atoms with Gasteiger partial charge in [0.05, 0.1) is 6.61 Å². The standard InChI is InChI=1S/C27H51N3O5/c1-2-3-4-5-6-7-8-9-10-11-12-13-14-15-16-17-18-27(28)19-20-30(26(34)29-27)25-24(33)23(32)22(21-31)35-25/h19-20,22-25,31-33H,2-18,21,28H2,1H3,(H,29,34)/t22-,23-,24+,25-,27?/m1/s1. The van der Waals surface area contributed by atoms with Crippen LogP contribution in [0, 0.1) is 0 Å². The van der Waals surface area contributed by atoms with Crippen molar-refractivity contribution in [3.63, 3.8) is 0 Å². The Bertz CT molecular complexity index is 620. The Morgan fingerprint density at radius 2 is 1.37 bits per heavy atom. The highest BCUT2D eigenvalue weighted by molar-refractivity contribution is 5.78. The topological polar surface area (TPSA) is 128 Å². The van der Waals surface area contributed by atoms with Crippen LogP contribution in [0.5, 0.6) is 0 Å². The van der Waals surface area contributed by atoms with Crippen molar-refractivity contribution in [2.45, 2.75) is 146 Å². The molecule has 1 saturated heterocycles. The molecule has 2 heterocycles. The molecule has 1 unspecified atom stereocenters. The first-order valence-corrected chi connectivity index (χ1v) is 14.1. The maximum Gasteiger partial charge on any atom is 0.325 e. The van der Waals surface area contributed by atoms with E-state index in [1.807, 2.05) is 0 Å². The van der Waals surface area contributed by atoms with E-state index in [1.54, 1.807) is 6.08 Å². The largest absolute Gasteiger partial charge is 0.394 e. The van der Waals surface area contributed by atoms with Crippen LogP contribution < -0.4 is 11.1 Å². The molecule has 6 N–H and O–H groups in total. The first kappa shape index (κ1) is 30.0. The zero-order valence-electron chi connectivity index (χ0n) is 21.9. The molecule has 0 bridgehead atoms. The van der Waals surface area contributed by atoms with E-state index in [9.17, 15) is 20.1 Å². The fourth-order valence-electron chi connectivity index (χ4n) is 5.01. The number of nitrogens with two attached hydrogens (primary N) is 1. The molecular weight excluding hydrogens is 446 g/mol. The van der Waals surface area contributed by atoms with Crippen LogP contribution in [0.15, 0.2) is 12.3 Å². The Morgan fingerprint density at radius 1 is 0.886 bits per heavy atom. The molecule has 0 aromatic carbocycles. The van der Waals surface area contributed by atoms with E-state index in [0.29, 0.717) is 6.42 Å². The van der Waals surface area contributed by atoms with Crippen molar-refractivity contribution >= 4 is 6.03 Å². The van der Waals surface area contributed by atoms with Gasteiger partial charge in [0, 0.05) is 6.20 Å². The zero-order chi connectivity index (χ0) is 25.5. The summed E-state index contributed by atoms with van der Waals surface area (Å²) in [7, 11) is 0. The lowest BCUT2D eigenvalue weighted by molar-refractivity contribution is -0.0670. The quantitative estimate of drug-likeness (QED) is 0.170. The zero-order valence-corrected chi connectivity index (χ0v) is 21.9. The molecule has 0 aromatic rings. The molecule has 2 rings (SSSR count). The van der Waals surface area contributed by atoms with Crippen molar-refractivity contribution in [3.05, 3.63) is 12.3 Å². The Hall–Kier alpha value is -1.19. The Kier molecular flexibility index (Phi) is 14.2. The number of hydrogen-bond acceptors (Lipinski definition) is 6. The monoisotopic (exact) mass is 497 g/mol. The molecule has 2 aliphatic rings. The molecule has 0 radical (unpaired) electrons. The van der Waals surface area contributed by atoms with Crippen LogP contribution in [-0.4, -0.2) is 63.1 Å². The highest BCUT2D eigenvalue weighted by Gasteiger charge is 2.47. The summed E-state index contributed by atoms with van der Waals surface area (Å²) in [5, 5.41) is 32.1. The Balaban J connectivity index is 1.49. The van der Waals surface area contributed by atoms with E-state index in [4.69, 9.17) is 10.5 Å². The van der Waals surface area contributed by atoms with Gasteiger partial charge in [0.1, 0.15) is 24.0 Å². The Labute approximate surface area is 212 Å². The van der Waals surface area contributed by atoms with E-state index < -0.39 is 42.8 Å². The summed E-state index contributed by atoms with van der Waals surface area (Å²) in [5.74, 6) is 0. The van der Waals surface area contributed by atoms with Gasteiger partial charge in [-0.2, -0.15) is 0 Å². The molecule has 0 aromatic heterocycles. The summed E-state index contributed by atoms with van der Waals surface area (Å²) in [6.45, 7) is 1.83. The van der Waals surface area contributed by atoms with E-state index in [2.05, 4.69) is 12.2 Å². The molecule has 2 aliphatic heterocycles. The summed E-state index contributed by atoms with van der Waals surface area (Å²) in [5.41, 5.74) is 5.42. The van der Waals surface area contributed by atoms with E-state index in [0.717, 1.165) is 12.8 Å². The van der Waals surface area contributed by atoms with Gasteiger partial charge in [-0.1, -0.05) is 103 Å². The van der Waals surface area contributed by atoms with E-state index in [1.165, 1.54) is 101 Å². The Morgan fingerprint density at radius 3 is 1.80 bits per heavy atom.